The van der Waals surface area contributed by atoms with Gasteiger partial charge in [-0.3, -0.25) is 4.79 Å². The zero-order valence-corrected chi connectivity index (χ0v) is 23.0. The topological polar surface area (TPSA) is 227 Å². The highest BCUT2D eigenvalue weighted by Crippen LogP contribution is 2.36. The van der Waals surface area contributed by atoms with Crippen LogP contribution in [0.3, 0.4) is 0 Å². The maximum Gasteiger partial charge on any atom is 0.229 e. The highest BCUT2D eigenvalue weighted by molar-refractivity contribution is 5.88. The molecule has 0 unspecified atom stereocenters. The van der Waals surface area contributed by atoms with Crippen LogP contribution in [0.25, 0.3) is 22.1 Å². The maximum atomic E-state index is 13.2. The molecule has 2 aliphatic heterocycles. The number of fused-ring (bicyclic) bond motifs is 1. The SMILES string of the molecule is COc1cc(O)c2c(=O)c(-c3ccc(O[C@@H]4O[C@@H](CO[C@H]5OC[C@@](O)(CO)[C@H]5O)[C@@H](O)[C@@H](O)[C@@H]4O)c(OC)c3)coc2c1. The second kappa shape index (κ2) is 12.2. The van der Waals surface area contributed by atoms with Crippen LogP contribution in [0, 0.1) is 0 Å². The number of ether oxygens (including phenoxy) is 6. The van der Waals surface area contributed by atoms with Gasteiger partial charge in [0, 0.05) is 12.1 Å². The first-order valence-electron chi connectivity index (χ1n) is 13.1. The third-order valence-corrected chi connectivity index (χ3v) is 7.46. The third-order valence-electron chi connectivity index (χ3n) is 7.46. The first-order valence-corrected chi connectivity index (χ1v) is 13.1. The number of aliphatic hydroxyl groups excluding tert-OH is 5. The van der Waals surface area contributed by atoms with E-state index in [1.54, 1.807) is 0 Å². The quantitative estimate of drug-likeness (QED) is 0.152. The Labute approximate surface area is 243 Å². The van der Waals surface area contributed by atoms with Crippen LogP contribution in [0.1, 0.15) is 0 Å². The Morgan fingerprint density at radius 3 is 2.42 bits per heavy atom. The van der Waals surface area contributed by atoms with E-state index in [4.69, 9.17) is 32.8 Å². The van der Waals surface area contributed by atoms with E-state index in [1.807, 2.05) is 0 Å². The van der Waals surface area contributed by atoms with Gasteiger partial charge in [0.1, 0.15) is 64.9 Å². The maximum absolute atomic E-state index is 13.2. The average molecular weight is 609 g/mol. The van der Waals surface area contributed by atoms with Crippen molar-refractivity contribution in [3.63, 3.8) is 0 Å². The Hall–Kier alpha value is -3.51. The predicted octanol–water partition coefficient (Wildman–Crippen LogP) is -1.17. The van der Waals surface area contributed by atoms with Gasteiger partial charge in [-0.1, -0.05) is 6.07 Å². The summed E-state index contributed by atoms with van der Waals surface area (Å²) in [5.41, 5.74) is -1.87. The molecular formula is C28H32O15. The van der Waals surface area contributed by atoms with Crippen LogP contribution >= 0.6 is 0 Å². The minimum Gasteiger partial charge on any atom is -0.507 e. The summed E-state index contributed by atoms with van der Waals surface area (Å²) >= 11 is 0. The van der Waals surface area contributed by atoms with Crippen LogP contribution in [0.5, 0.6) is 23.0 Å². The molecule has 43 heavy (non-hydrogen) atoms. The minimum absolute atomic E-state index is 0.0406. The van der Waals surface area contributed by atoms with Crippen LogP contribution in [-0.4, -0.2) is 118 Å². The molecule has 5 rings (SSSR count). The fourth-order valence-corrected chi connectivity index (χ4v) is 4.86. The standard InChI is InChI=1S/C28H32O15/c1-37-13-6-15(30)20-18(7-13)39-8-14(21(20)31)12-3-4-16(17(5-12)38-2)42-26-24(34)23(33)22(32)19(43-26)9-40-27-25(35)28(36,10-29)11-41-27/h3-8,19,22-27,29-30,32-36H,9-11H2,1-2H3/t19-,22+,23+,24-,25-,26+,27-,28-/m0/s1. The van der Waals surface area contributed by atoms with Gasteiger partial charge in [-0.15, -0.1) is 0 Å². The molecule has 0 aliphatic carbocycles. The van der Waals surface area contributed by atoms with Gasteiger partial charge in [0.25, 0.3) is 0 Å². The number of phenolic OH excluding ortho intramolecular Hbond substituents is 1. The summed E-state index contributed by atoms with van der Waals surface area (Å²) in [6.45, 7) is -1.63. The van der Waals surface area contributed by atoms with Gasteiger partial charge in [0.05, 0.1) is 39.6 Å². The van der Waals surface area contributed by atoms with E-state index in [1.165, 1.54) is 50.8 Å². The van der Waals surface area contributed by atoms with Crippen molar-refractivity contribution in [2.45, 2.75) is 48.7 Å². The summed E-state index contributed by atoms with van der Waals surface area (Å²) in [5.74, 6) is 0.128. The van der Waals surface area contributed by atoms with Crippen molar-refractivity contribution in [2.24, 2.45) is 0 Å². The van der Waals surface area contributed by atoms with E-state index < -0.39 is 74.0 Å². The van der Waals surface area contributed by atoms with Crippen molar-refractivity contribution in [2.75, 3.05) is 34.0 Å². The van der Waals surface area contributed by atoms with E-state index in [0.29, 0.717) is 11.3 Å². The summed E-state index contributed by atoms with van der Waals surface area (Å²) in [6, 6.07) is 7.13. The van der Waals surface area contributed by atoms with Crippen LogP contribution < -0.4 is 19.6 Å². The van der Waals surface area contributed by atoms with Crippen LogP contribution in [0.4, 0.5) is 0 Å². The molecule has 0 radical (unpaired) electrons. The Morgan fingerprint density at radius 1 is 0.977 bits per heavy atom. The average Bonchev–Trinajstić information content (AvgIpc) is 3.30. The molecule has 0 bridgehead atoms. The molecule has 8 atom stereocenters. The lowest BCUT2D eigenvalue weighted by Crippen LogP contribution is -2.60. The molecule has 3 heterocycles. The van der Waals surface area contributed by atoms with E-state index in [2.05, 4.69) is 0 Å². The molecule has 0 spiro atoms. The minimum atomic E-state index is -1.93. The summed E-state index contributed by atoms with van der Waals surface area (Å²) in [5, 5.41) is 71.4. The first-order chi connectivity index (χ1) is 20.5. The van der Waals surface area contributed by atoms with Crippen molar-refractivity contribution in [1.29, 1.82) is 0 Å². The summed E-state index contributed by atoms with van der Waals surface area (Å²) < 4.78 is 38.1. The van der Waals surface area contributed by atoms with E-state index in [-0.39, 0.29) is 33.8 Å². The van der Waals surface area contributed by atoms with Crippen LogP contribution in [0.15, 0.2) is 45.8 Å². The molecule has 3 aromatic rings. The summed E-state index contributed by atoms with van der Waals surface area (Å²) in [4.78, 5) is 13.2. The Bertz CT molecular complexity index is 1510. The van der Waals surface area contributed by atoms with Gasteiger partial charge in [-0.05, 0) is 17.7 Å². The normalized spacial score (nSPS) is 30.8. The molecule has 1 aromatic heterocycles. The predicted molar refractivity (Wildman–Crippen MR) is 144 cm³/mol. The molecule has 0 amide bonds. The number of benzene rings is 2. The molecule has 2 aromatic carbocycles. The third kappa shape index (κ3) is 5.74. The van der Waals surface area contributed by atoms with Crippen molar-refractivity contribution >= 4 is 11.0 Å². The summed E-state index contributed by atoms with van der Waals surface area (Å²) in [7, 11) is 2.74. The van der Waals surface area contributed by atoms with Crippen molar-refractivity contribution < 1.29 is 68.6 Å². The number of methoxy groups -OCH3 is 2. The van der Waals surface area contributed by atoms with Gasteiger partial charge in [-0.25, -0.2) is 0 Å². The Balaban J connectivity index is 1.34. The highest BCUT2D eigenvalue weighted by atomic mass is 16.7. The van der Waals surface area contributed by atoms with Gasteiger partial charge < -0.3 is 68.6 Å². The smallest absolute Gasteiger partial charge is 0.229 e. The molecule has 234 valence electrons. The largest absolute Gasteiger partial charge is 0.507 e. The van der Waals surface area contributed by atoms with E-state index in [9.17, 15) is 40.5 Å². The number of hydrogen-bond acceptors (Lipinski definition) is 15. The van der Waals surface area contributed by atoms with Gasteiger partial charge in [0.2, 0.25) is 11.7 Å². The van der Waals surface area contributed by atoms with Crippen LogP contribution in [0.2, 0.25) is 0 Å². The lowest BCUT2D eigenvalue weighted by Gasteiger charge is -2.40. The zero-order valence-electron chi connectivity index (χ0n) is 23.0. The molecule has 0 saturated carbocycles. The number of rotatable bonds is 9. The lowest BCUT2D eigenvalue weighted by molar-refractivity contribution is -0.289. The highest BCUT2D eigenvalue weighted by Gasteiger charge is 2.50. The molecule has 15 nitrogen and oxygen atoms in total. The van der Waals surface area contributed by atoms with Crippen molar-refractivity contribution in [3.8, 4) is 34.1 Å². The first kappa shape index (κ1) is 30.9. The van der Waals surface area contributed by atoms with Crippen LogP contribution in [-0.2, 0) is 14.2 Å². The number of aliphatic hydroxyl groups is 6. The van der Waals surface area contributed by atoms with Crippen molar-refractivity contribution in [1.82, 2.24) is 0 Å². The molecule has 7 N–H and O–H groups in total. The van der Waals surface area contributed by atoms with Crippen molar-refractivity contribution in [3.05, 3.63) is 46.8 Å². The fourth-order valence-electron chi connectivity index (χ4n) is 4.86. The second-order valence-corrected chi connectivity index (χ2v) is 10.2. The zero-order chi connectivity index (χ0) is 31.1. The molecule has 15 heteroatoms. The second-order valence-electron chi connectivity index (χ2n) is 10.2. The van der Waals surface area contributed by atoms with E-state index in [0.717, 1.165) is 0 Å². The molecule has 2 aliphatic rings. The van der Waals surface area contributed by atoms with E-state index >= 15 is 0 Å². The van der Waals surface area contributed by atoms with Gasteiger partial charge in [0.15, 0.2) is 17.8 Å². The monoisotopic (exact) mass is 608 g/mol. The lowest BCUT2D eigenvalue weighted by atomic mass is 9.99. The van der Waals surface area contributed by atoms with Gasteiger partial charge >= 0.3 is 0 Å². The summed E-state index contributed by atoms with van der Waals surface area (Å²) in [6.07, 6.45) is -9.61. The Morgan fingerprint density at radius 2 is 1.74 bits per heavy atom. The van der Waals surface area contributed by atoms with Gasteiger partial charge in [-0.2, -0.15) is 0 Å². The Kier molecular flexibility index (Phi) is 8.80. The number of aromatic hydroxyl groups is 1. The fraction of sp³-hybridized carbons (Fsp3) is 0.464. The molecular weight excluding hydrogens is 576 g/mol. The number of phenols is 1. The number of hydrogen-bond donors (Lipinski definition) is 7. The molecule has 2 fully saturated rings. The molecule has 2 saturated heterocycles.